The van der Waals surface area contributed by atoms with Crippen molar-refractivity contribution in [3.8, 4) is 5.69 Å². The molecule has 1 aromatic carbocycles. The summed E-state index contributed by atoms with van der Waals surface area (Å²) in [5.41, 5.74) is 1.55. The lowest BCUT2D eigenvalue weighted by atomic mass is 10.3. The van der Waals surface area contributed by atoms with Crippen LogP contribution in [0.15, 0.2) is 49.2 Å². The van der Waals surface area contributed by atoms with E-state index in [-0.39, 0.29) is 5.82 Å². The normalized spacial score (nSPS) is 9.64. The molecule has 9 heteroatoms. The Morgan fingerprint density at radius 1 is 1.32 bits per heavy atom. The van der Waals surface area contributed by atoms with E-state index in [0.29, 0.717) is 5.69 Å². The minimum absolute atomic E-state index is 0.198. The Hall–Kier alpha value is -3.36. The van der Waals surface area contributed by atoms with Crippen LogP contribution in [0.3, 0.4) is 0 Å². The van der Waals surface area contributed by atoms with Crippen molar-refractivity contribution in [3.63, 3.8) is 0 Å². The van der Waals surface area contributed by atoms with Crippen LogP contribution in [0.1, 0.15) is 16.3 Å². The number of carbonyl (C=O) groups is 1. The summed E-state index contributed by atoms with van der Waals surface area (Å²) in [6, 6.07) is 8.84. The molecule has 0 saturated carbocycles. The second-order valence-corrected chi connectivity index (χ2v) is 4.01. The number of para-hydroxylation sites is 1. The number of aromatic nitrogens is 7. The quantitative estimate of drug-likeness (QED) is 0.686. The largest absolute Gasteiger partial charge is 0.475 e. The van der Waals surface area contributed by atoms with Gasteiger partial charge in [-0.25, -0.2) is 4.79 Å². The molecule has 3 rings (SSSR count). The van der Waals surface area contributed by atoms with Crippen molar-refractivity contribution in [1.82, 2.24) is 35.6 Å². The first-order chi connectivity index (χ1) is 10.7. The van der Waals surface area contributed by atoms with E-state index in [1.54, 1.807) is 36.5 Å². The van der Waals surface area contributed by atoms with E-state index in [0.717, 1.165) is 12.1 Å². The highest BCUT2D eigenvalue weighted by molar-refractivity contribution is 5.83. The molecule has 0 unspecified atom stereocenters. The molecule has 0 atom stereocenters. The van der Waals surface area contributed by atoms with E-state index in [2.05, 4.69) is 37.5 Å². The first-order valence-electron chi connectivity index (χ1n) is 6.25. The summed E-state index contributed by atoms with van der Waals surface area (Å²) in [5, 5.41) is 28.9. The van der Waals surface area contributed by atoms with Gasteiger partial charge >= 0.3 is 5.97 Å². The fourth-order valence-corrected chi connectivity index (χ4v) is 1.54. The predicted molar refractivity (Wildman–Crippen MR) is 76.4 cm³/mol. The van der Waals surface area contributed by atoms with Crippen molar-refractivity contribution < 1.29 is 9.90 Å². The molecule has 0 radical (unpaired) electrons. The molecule has 22 heavy (non-hydrogen) atoms. The number of nitrogens with zero attached hydrogens (tertiary/aromatic N) is 6. The highest BCUT2D eigenvalue weighted by atomic mass is 16.4. The van der Waals surface area contributed by atoms with Crippen molar-refractivity contribution in [3.05, 3.63) is 60.7 Å². The van der Waals surface area contributed by atoms with Crippen LogP contribution in [0, 0.1) is 0 Å². The molecule has 3 aromatic rings. The van der Waals surface area contributed by atoms with Crippen LogP contribution in [0.25, 0.3) is 5.69 Å². The SMILES string of the molecule is C=CCc1c[nH]nn1.O=C(O)c1nnnn1-c1ccccc1. The van der Waals surface area contributed by atoms with Gasteiger partial charge in [0.05, 0.1) is 11.4 Å². The molecule has 0 amide bonds. The Morgan fingerprint density at radius 2 is 2.09 bits per heavy atom. The predicted octanol–water partition coefficient (Wildman–Crippen LogP) is 0.894. The zero-order valence-electron chi connectivity index (χ0n) is 11.5. The highest BCUT2D eigenvalue weighted by Gasteiger charge is 2.14. The number of hydrogen-bond donors (Lipinski definition) is 2. The standard InChI is InChI=1S/C8H6N4O2.C5H7N3/c13-8(14)7-9-10-11-12(7)6-4-2-1-3-5-6;1-2-3-5-4-6-8-7-5/h1-5H,(H,13,14);2,4H,1,3H2,(H,6,7,8). The van der Waals surface area contributed by atoms with Gasteiger partial charge < -0.3 is 5.11 Å². The fourth-order valence-electron chi connectivity index (χ4n) is 1.54. The summed E-state index contributed by atoms with van der Waals surface area (Å²) in [5.74, 6) is -1.35. The molecule has 0 spiro atoms. The zero-order valence-corrected chi connectivity index (χ0v) is 11.5. The third kappa shape index (κ3) is 3.82. The smallest absolute Gasteiger partial charge is 0.376 e. The average Bonchev–Trinajstić information content (AvgIpc) is 3.20. The Morgan fingerprint density at radius 3 is 2.68 bits per heavy atom. The maximum Gasteiger partial charge on any atom is 0.376 e. The van der Waals surface area contributed by atoms with Crippen LogP contribution in [-0.2, 0) is 6.42 Å². The molecular weight excluding hydrogens is 286 g/mol. The van der Waals surface area contributed by atoms with E-state index in [1.165, 1.54) is 4.68 Å². The van der Waals surface area contributed by atoms with Crippen LogP contribution in [-0.4, -0.2) is 46.7 Å². The second kappa shape index (κ2) is 7.43. The molecule has 2 aromatic heterocycles. The summed E-state index contributed by atoms with van der Waals surface area (Å²) in [7, 11) is 0. The number of allylic oxidation sites excluding steroid dienone is 1. The van der Waals surface area contributed by atoms with Crippen molar-refractivity contribution in [2.45, 2.75) is 6.42 Å². The Bertz CT molecular complexity index is 722. The van der Waals surface area contributed by atoms with E-state index in [1.807, 2.05) is 6.07 Å². The molecule has 0 aliphatic heterocycles. The van der Waals surface area contributed by atoms with Crippen LogP contribution >= 0.6 is 0 Å². The van der Waals surface area contributed by atoms with Gasteiger partial charge in [-0.2, -0.15) is 4.68 Å². The first-order valence-corrected chi connectivity index (χ1v) is 6.25. The van der Waals surface area contributed by atoms with Gasteiger partial charge in [-0.05, 0) is 22.6 Å². The monoisotopic (exact) mass is 299 g/mol. The maximum absolute atomic E-state index is 10.7. The number of rotatable bonds is 4. The lowest BCUT2D eigenvalue weighted by Gasteiger charge is -1.99. The molecule has 0 aliphatic rings. The van der Waals surface area contributed by atoms with E-state index < -0.39 is 5.97 Å². The van der Waals surface area contributed by atoms with Crippen LogP contribution in [0.4, 0.5) is 0 Å². The number of benzene rings is 1. The summed E-state index contributed by atoms with van der Waals surface area (Å²) < 4.78 is 1.17. The number of nitrogens with one attached hydrogen (secondary N) is 1. The van der Waals surface area contributed by atoms with Crippen molar-refractivity contribution in [2.24, 2.45) is 0 Å². The maximum atomic E-state index is 10.7. The molecule has 2 heterocycles. The second-order valence-electron chi connectivity index (χ2n) is 4.01. The van der Waals surface area contributed by atoms with E-state index >= 15 is 0 Å². The minimum Gasteiger partial charge on any atom is -0.475 e. The van der Waals surface area contributed by atoms with Crippen molar-refractivity contribution in [1.29, 1.82) is 0 Å². The summed E-state index contributed by atoms with van der Waals surface area (Å²) in [6.07, 6.45) is 4.33. The number of tetrazole rings is 1. The molecule has 9 nitrogen and oxygen atoms in total. The van der Waals surface area contributed by atoms with Gasteiger partial charge in [-0.1, -0.05) is 29.5 Å². The number of aromatic amines is 1. The summed E-state index contributed by atoms with van der Waals surface area (Å²) in [6.45, 7) is 3.55. The van der Waals surface area contributed by atoms with Crippen LogP contribution in [0.2, 0.25) is 0 Å². The molecular formula is C13H13N7O2. The van der Waals surface area contributed by atoms with Crippen molar-refractivity contribution >= 4 is 5.97 Å². The average molecular weight is 299 g/mol. The highest BCUT2D eigenvalue weighted by Crippen LogP contribution is 2.06. The van der Waals surface area contributed by atoms with Gasteiger partial charge in [0.25, 0.3) is 5.82 Å². The lowest BCUT2D eigenvalue weighted by Crippen LogP contribution is -2.08. The lowest BCUT2D eigenvalue weighted by molar-refractivity contribution is 0.0680. The van der Waals surface area contributed by atoms with Crippen LogP contribution in [0.5, 0.6) is 0 Å². The molecule has 0 aliphatic carbocycles. The van der Waals surface area contributed by atoms with E-state index in [4.69, 9.17) is 5.11 Å². The number of H-pyrrole nitrogens is 1. The van der Waals surface area contributed by atoms with Gasteiger partial charge in [0.15, 0.2) is 0 Å². The van der Waals surface area contributed by atoms with Crippen molar-refractivity contribution in [2.75, 3.05) is 0 Å². The zero-order chi connectivity index (χ0) is 15.8. The Labute approximate surface area is 125 Å². The van der Waals surface area contributed by atoms with Gasteiger partial charge in [-0.3, -0.25) is 5.10 Å². The molecule has 2 N–H and O–H groups in total. The Kier molecular flexibility index (Phi) is 5.08. The molecule has 112 valence electrons. The minimum atomic E-state index is -1.15. The number of aromatic carboxylic acids is 1. The van der Waals surface area contributed by atoms with Gasteiger partial charge in [0.2, 0.25) is 0 Å². The first kappa shape index (κ1) is 15.0. The number of carboxylic acids is 1. The topological polar surface area (TPSA) is 122 Å². The number of hydrogen-bond acceptors (Lipinski definition) is 6. The Balaban J connectivity index is 0.000000188. The third-order valence-electron chi connectivity index (χ3n) is 2.48. The summed E-state index contributed by atoms with van der Waals surface area (Å²) in [4.78, 5) is 10.7. The number of carboxylic acid groups (broad SMARTS) is 1. The molecule has 0 bridgehead atoms. The van der Waals surface area contributed by atoms with Gasteiger partial charge in [0.1, 0.15) is 0 Å². The fraction of sp³-hybridized carbons (Fsp3) is 0.0769. The summed E-state index contributed by atoms with van der Waals surface area (Å²) >= 11 is 0. The van der Waals surface area contributed by atoms with Gasteiger partial charge in [-0.15, -0.1) is 16.8 Å². The van der Waals surface area contributed by atoms with E-state index in [9.17, 15) is 4.79 Å². The third-order valence-corrected chi connectivity index (χ3v) is 2.48. The molecule has 0 saturated heterocycles. The van der Waals surface area contributed by atoms with Gasteiger partial charge in [0, 0.05) is 12.6 Å². The molecule has 0 fully saturated rings. The van der Waals surface area contributed by atoms with Crippen LogP contribution < -0.4 is 0 Å².